The molecular weight excluding hydrogens is 877 g/mol. The summed E-state index contributed by atoms with van der Waals surface area (Å²) in [6.07, 6.45) is -5.27. The highest BCUT2D eigenvalue weighted by molar-refractivity contribution is 5.91. The minimum atomic E-state index is -0.992. The Balaban J connectivity index is 0.776. The molecule has 9 rings (SSSR count). The third-order valence-electron chi connectivity index (χ3n) is 18.2. The molecule has 0 aromatic carbocycles. The summed E-state index contributed by atoms with van der Waals surface area (Å²) in [5.41, 5.74) is -1.11. The van der Waals surface area contributed by atoms with E-state index in [1.165, 1.54) is 0 Å². The molecule has 3 N–H and O–H groups in total. The van der Waals surface area contributed by atoms with E-state index in [0.717, 1.165) is 6.42 Å². The third-order valence-corrected chi connectivity index (χ3v) is 18.2. The number of hydrogen-bond donors (Lipinski definition) is 3. The van der Waals surface area contributed by atoms with Gasteiger partial charge in [0.25, 0.3) is 0 Å². The van der Waals surface area contributed by atoms with Crippen LogP contribution in [-0.2, 0) is 71.1 Å². The van der Waals surface area contributed by atoms with Gasteiger partial charge in [-0.3, -0.25) is 4.79 Å². The topological polar surface area (TPSA) is 207 Å². The Bertz CT molecular complexity index is 1710. The zero-order valence-corrected chi connectivity index (χ0v) is 41.4. The number of fused-ring (bicyclic) bond motifs is 5. The van der Waals surface area contributed by atoms with Gasteiger partial charge in [-0.2, -0.15) is 0 Å². The SMILES string of the molecule is COC1CC(OC2C(C)OC(OC3C(C)OC(OC4C(C)OC(OC5CC6CCC78OC(C)C9CC(O)C(=O)C9(C)C(CC7C6(C)CC5O)O8)CC4OC)CC3OC)CC2OC)OC(C)C1O. The summed E-state index contributed by atoms with van der Waals surface area (Å²) >= 11 is 0. The minimum Gasteiger partial charge on any atom is -0.390 e. The standard InChI is InChI=1S/C49H80O18/c1-22-28-15-29(50)46(53)48(28,7)37-20-36-47(6)21-30(51)31(14-27(47)12-13-49(36,66-22)67-37)62-38-17-33(55-9)43(24(3)59-38)64-40-19-35(57-11)45(26(5)61-40)65-41-18-34(56-10)44(25(4)60-41)63-39-16-32(54-8)42(52)23(2)58-39/h22-45,50-52H,12-21H2,1-11H3. The minimum absolute atomic E-state index is 0.00890. The summed E-state index contributed by atoms with van der Waals surface area (Å²) in [5.74, 6) is -0.822. The van der Waals surface area contributed by atoms with E-state index in [9.17, 15) is 20.1 Å². The van der Waals surface area contributed by atoms with Gasteiger partial charge in [-0.05, 0) is 85.0 Å². The van der Waals surface area contributed by atoms with Crippen molar-refractivity contribution in [2.45, 2.75) is 247 Å². The van der Waals surface area contributed by atoms with E-state index in [1.807, 2.05) is 34.6 Å². The van der Waals surface area contributed by atoms with Crippen LogP contribution in [0.1, 0.15) is 113 Å². The van der Waals surface area contributed by atoms with Crippen molar-refractivity contribution in [2.75, 3.05) is 28.4 Å². The van der Waals surface area contributed by atoms with Gasteiger partial charge in [0.2, 0.25) is 0 Å². The highest BCUT2D eigenvalue weighted by Crippen LogP contribution is 2.67. The molecule has 2 bridgehead atoms. The molecule has 27 unspecified atom stereocenters. The Morgan fingerprint density at radius 3 is 1.54 bits per heavy atom. The van der Waals surface area contributed by atoms with Gasteiger partial charge in [0.1, 0.15) is 30.5 Å². The van der Waals surface area contributed by atoms with Crippen LogP contribution >= 0.6 is 0 Å². The van der Waals surface area contributed by atoms with Crippen molar-refractivity contribution in [2.24, 2.45) is 28.6 Å². The van der Waals surface area contributed by atoms with Gasteiger partial charge in [0.15, 0.2) is 36.7 Å². The van der Waals surface area contributed by atoms with E-state index in [0.29, 0.717) is 57.8 Å². The Labute approximate surface area is 395 Å². The number of carbonyl (C=O) groups excluding carboxylic acids is 1. The smallest absolute Gasteiger partial charge is 0.172 e. The van der Waals surface area contributed by atoms with Crippen LogP contribution in [0.15, 0.2) is 0 Å². The third kappa shape index (κ3) is 9.14. The molecule has 0 amide bonds. The second-order valence-electron chi connectivity index (χ2n) is 21.9. The molecule has 27 atom stereocenters. The molecule has 3 saturated carbocycles. The molecule has 9 fully saturated rings. The van der Waals surface area contributed by atoms with E-state index < -0.39 is 110 Å². The molecule has 18 nitrogen and oxygen atoms in total. The van der Waals surface area contributed by atoms with Crippen molar-refractivity contribution in [3.05, 3.63) is 0 Å². The van der Waals surface area contributed by atoms with Gasteiger partial charge in [-0.25, -0.2) is 0 Å². The first kappa shape index (κ1) is 50.9. The lowest BCUT2D eigenvalue weighted by atomic mass is 9.51. The summed E-state index contributed by atoms with van der Waals surface area (Å²) in [6, 6.07) is 0. The largest absolute Gasteiger partial charge is 0.390 e. The lowest BCUT2D eigenvalue weighted by Gasteiger charge is -2.58. The van der Waals surface area contributed by atoms with Crippen LogP contribution in [0.3, 0.4) is 0 Å². The molecule has 6 saturated heterocycles. The van der Waals surface area contributed by atoms with Gasteiger partial charge in [-0.15, -0.1) is 0 Å². The molecule has 3 aliphatic carbocycles. The average molecular weight is 957 g/mol. The molecule has 384 valence electrons. The fourth-order valence-electron chi connectivity index (χ4n) is 14.4. The fraction of sp³-hybridized carbons (Fsp3) is 0.980. The van der Waals surface area contributed by atoms with Gasteiger partial charge < -0.3 is 81.6 Å². The summed E-state index contributed by atoms with van der Waals surface area (Å²) in [5, 5.41) is 33.0. The normalized spacial score (nSPS) is 55.6. The first-order valence-electron chi connectivity index (χ1n) is 25.1. The predicted molar refractivity (Wildman–Crippen MR) is 234 cm³/mol. The van der Waals surface area contributed by atoms with Crippen LogP contribution < -0.4 is 0 Å². The van der Waals surface area contributed by atoms with Gasteiger partial charge in [0.05, 0.1) is 78.7 Å². The van der Waals surface area contributed by atoms with Crippen molar-refractivity contribution in [3.63, 3.8) is 0 Å². The highest BCUT2D eigenvalue weighted by Gasteiger charge is 2.72. The second kappa shape index (κ2) is 19.8. The summed E-state index contributed by atoms with van der Waals surface area (Å²) in [6.45, 7) is 13.8. The molecule has 18 heteroatoms. The number of hydrogen-bond acceptors (Lipinski definition) is 18. The number of carbonyl (C=O) groups is 1. The van der Waals surface area contributed by atoms with Crippen molar-refractivity contribution in [1.29, 1.82) is 0 Å². The molecule has 1 spiro atoms. The van der Waals surface area contributed by atoms with E-state index in [2.05, 4.69) is 6.92 Å². The summed E-state index contributed by atoms with van der Waals surface area (Å²) in [4.78, 5) is 13.5. The summed E-state index contributed by atoms with van der Waals surface area (Å²) in [7, 11) is 6.52. The average Bonchev–Trinajstić information content (AvgIpc) is 3.77. The number of aliphatic hydroxyl groups is 3. The fourth-order valence-corrected chi connectivity index (χ4v) is 14.4. The van der Waals surface area contributed by atoms with Crippen LogP contribution in [0, 0.1) is 28.6 Å². The molecular formula is C49H80O18. The Kier molecular flexibility index (Phi) is 15.0. The van der Waals surface area contributed by atoms with Gasteiger partial charge in [0, 0.05) is 72.4 Å². The maximum atomic E-state index is 13.5. The number of rotatable bonds is 12. The predicted octanol–water partition coefficient (Wildman–Crippen LogP) is 3.54. The van der Waals surface area contributed by atoms with E-state index in [1.54, 1.807) is 35.4 Å². The van der Waals surface area contributed by atoms with E-state index in [4.69, 9.17) is 66.3 Å². The van der Waals surface area contributed by atoms with Crippen LogP contribution in [0.2, 0.25) is 0 Å². The van der Waals surface area contributed by atoms with Crippen LogP contribution in [0.4, 0.5) is 0 Å². The number of ether oxygens (including phenoxy) is 14. The number of ketones is 1. The van der Waals surface area contributed by atoms with Crippen molar-refractivity contribution in [1.82, 2.24) is 0 Å². The van der Waals surface area contributed by atoms with Crippen LogP contribution in [0.5, 0.6) is 0 Å². The number of methoxy groups -OCH3 is 4. The highest BCUT2D eigenvalue weighted by atomic mass is 16.8. The van der Waals surface area contributed by atoms with Gasteiger partial charge in [-0.1, -0.05) is 6.92 Å². The molecule has 0 aromatic heterocycles. The maximum Gasteiger partial charge on any atom is 0.172 e. The lowest BCUT2D eigenvalue weighted by Crippen LogP contribution is -2.60. The number of aliphatic hydroxyl groups excluding tert-OH is 3. The molecule has 67 heavy (non-hydrogen) atoms. The van der Waals surface area contributed by atoms with Crippen molar-refractivity contribution < 1.29 is 86.4 Å². The number of Topliss-reactive ketones (excluding diaryl/α,β-unsaturated/α-hetero) is 1. The Hall–Kier alpha value is -1.01. The molecule has 0 aromatic rings. The molecule has 6 aliphatic heterocycles. The van der Waals surface area contributed by atoms with Gasteiger partial charge >= 0.3 is 0 Å². The monoisotopic (exact) mass is 957 g/mol. The first-order valence-corrected chi connectivity index (χ1v) is 25.1. The maximum absolute atomic E-state index is 13.5. The van der Waals surface area contributed by atoms with Crippen molar-refractivity contribution >= 4 is 5.78 Å². The van der Waals surface area contributed by atoms with E-state index in [-0.39, 0.29) is 59.5 Å². The quantitative estimate of drug-likeness (QED) is 0.239. The zero-order valence-electron chi connectivity index (χ0n) is 41.4. The Morgan fingerprint density at radius 2 is 1.03 bits per heavy atom. The second-order valence-corrected chi connectivity index (χ2v) is 21.9. The van der Waals surface area contributed by atoms with E-state index >= 15 is 0 Å². The summed E-state index contributed by atoms with van der Waals surface area (Å²) < 4.78 is 88.8. The zero-order chi connectivity index (χ0) is 47.9. The van der Waals surface area contributed by atoms with Crippen molar-refractivity contribution in [3.8, 4) is 0 Å². The molecule has 6 heterocycles. The van der Waals surface area contributed by atoms with Crippen LogP contribution in [-0.4, -0.2) is 184 Å². The Morgan fingerprint density at radius 1 is 0.552 bits per heavy atom. The van der Waals surface area contributed by atoms with Crippen LogP contribution in [0.25, 0.3) is 0 Å². The first-order chi connectivity index (χ1) is 31.9. The molecule has 0 radical (unpaired) electrons. The molecule has 9 aliphatic rings. The lowest BCUT2D eigenvalue weighted by molar-refractivity contribution is -0.349.